The molecule has 0 spiro atoms. The topological polar surface area (TPSA) is 137 Å². The summed E-state index contributed by atoms with van der Waals surface area (Å²) in [4.78, 5) is 37.5. The van der Waals surface area contributed by atoms with Crippen LogP contribution in [0, 0.1) is 6.92 Å². The molecule has 1 aromatic carbocycles. The second-order valence-electron chi connectivity index (χ2n) is 4.30. The highest BCUT2D eigenvalue weighted by Gasteiger charge is 2.08. The summed E-state index contributed by atoms with van der Waals surface area (Å²) in [6.45, 7) is 1.53. The van der Waals surface area contributed by atoms with Gasteiger partial charge in [0.15, 0.2) is 6.61 Å². The molecule has 114 valence electrons. The normalized spacial score (nSPS) is 10.8. The number of aromatic amines is 2. The number of amides is 1. The van der Waals surface area contributed by atoms with Crippen molar-refractivity contribution in [2.45, 2.75) is 6.92 Å². The number of carbonyl (C=O) groups is 1. The Labute approximate surface area is 123 Å². The van der Waals surface area contributed by atoms with E-state index in [1.54, 1.807) is 12.1 Å². The van der Waals surface area contributed by atoms with Crippen molar-refractivity contribution < 1.29 is 14.6 Å². The summed E-state index contributed by atoms with van der Waals surface area (Å²) in [5.74, 6) is -1.05. The van der Waals surface area contributed by atoms with Gasteiger partial charge in [0.1, 0.15) is 5.75 Å². The van der Waals surface area contributed by atoms with Gasteiger partial charge >= 0.3 is 11.6 Å². The van der Waals surface area contributed by atoms with Crippen molar-refractivity contribution in [2.24, 2.45) is 10.2 Å². The Morgan fingerprint density at radius 2 is 1.91 bits per heavy atom. The summed E-state index contributed by atoms with van der Waals surface area (Å²) in [5, 5.41) is 15.9. The standard InChI is InChI=1S/C13H12N4O5/c1-7-2-4-8(5-3-7)22-6-9(18)16-17-10-11(19)14-13(21)15-12(10)20/h2-5H,6H2,1H3,(H3,14,15,19,20,21). The van der Waals surface area contributed by atoms with E-state index in [0.29, 0.717) is 5.75 Å². The van der Waals surface area contributed by atoms with E-state index in [2.05, 4.69) is 10.2 Å². The van der Waals surface area contributed by atoms with Crippen molar-refractivity contribution >= 4 is 11.6 Å². The number of hydrogen-bond donors (Lipinski definition) is 3. The molecule has 0 aliphatic rings. The van der Waals surface area contributed by atoms with Gasteiger partial charge in [0.2, 0.25) is 11.6 Å². The molecule has 1 aromatic heterocycles. The van der Waals surface area contributed by atoms with Crippen LogP contribution in [-0.4, -0.2) is 27.6 Å². The van der Waals surface area contributed by atoms with Crippen LogP contribution in [0.4, 0.5) is 5.69 Å². The van der Waals surface area contributed by atoms with Crippen LogP contribution >= 0.6 is 0 Å². The molecule has 0 fully saturated rings. The molecular formula is C13H12N4O5. The Bertz CT molecular complexity index is 820. The molecule has 9 heteroatoms. The largest absolute Gasteiger partial charge is 0.493 e. The Morgan fingerprint density at radius 1 is 1.23 bits per heavy atom. The maximum Gasteiger partial charge on any atom is 0.328 e. The summed E-state index contributed by atoms with van der Waals surface area (Å²) in [5.41, 5.74) is -1.37. The SMILES string of the molecule is Cc1ccc(OCC(=O)N=Nc2c(O)[nH]c(=O)[nH]c2=O)cc1. The molecule has 0 bridgehead atoms. The van der Waals surface area contributed by atoms with E-state index in [-0.39, 0.29) is 6.61 Å². The second-order valence-corrected chi connectivity index (χ2v) is 4.30. The average Bonchev–Trinajstić information content (AvgIpc) is 2.45. The number of azo groups is 1. The molecule has 22 heavy (non-hydrogen) atoms. The van der Waals surface area contributed by atoms with Crippen LogP contribution in [0.1, 0.15) is 5.56 Å². The zero-order chi connectivity index (χ0) is 16.1. The molecule has 0 radical (unpaired) electrons. The number of aromatic hydroxyl groups is 1. The van der Waals surface area contributed by atoms with Gasteiger partial charge in [-0.05, 0) is 19.1 Å². The van der Waals surface area contributed by atoms with E-state index in [1.807, 2.05) is 29.0 Å². The van der Waals surface area contributed by atoms with Crippen LogP contribution in [0.3, 0.4) is 0 Å². The molecule has 2 aromatic rings. The number of nitrogens with zero attached hydrogens (tertiary/aromatic N) is 2. The van der Waals surface area contributed by atoms with E-state index < -0.39 is 28.7 Å². The van der Waals surface area contributed by atoms with Crippen molar-refractivity contribution in [1.82, 2.24) is 9.97 Å². The Balaban J connectivity index is 2.01. The number of aryl methyl sites for hydroxylation is 1. The molecular weight excluding hydrogens is 292 g/mol. The monoisotopic (exact) mass is 304 g/mol. The highest BCUT2D eigenvalue weighted by Crippen LogP contribution is 2.16. The first-order chi connectivity index (χ1) is 10.5. The van der Waals surface area contributed by atoms with Crippen LogP contribution in [0.2, 0.25) is 0 Å². The maximum absolute atomic E-state index is 11.5. The number of ether oxygens (including phenoxy) is 1. The molecule has 3 N–H and O–H groups in total. The van der Waals surface area contributed by atoms with Gasteiger partial charge in [-0.1, -0.05) is 17.7 Å². The third kappa shape index (κ3) is 3.88. The van der Waals surface area contributed by atoms with Crippen LogP contribution in [0.5, 0.6) is 11.6 Å². The van der Waals surface area contributed by atoms with Crippen LogP contribution in [-0.2, 0) is 4.79 Å². The molecule has 9 nitrogen and oxygen atoms in total. The van der Waals surface area contributed by atoms with E-state index in [4.69, 9.17) is 4.74 Å². The van der Waals surface area contributed by atoms with Crippen molar-refractivity contribution in [3.05, 3.63) is 50.7 Å². The quantitative estimate of drug-likeness (QED) is 0.716. The van der Waals surface area contributed by atoms with E-state index in [0.717, 1.165) is 5.56 Å². The third-order valence-electron chi connectivity index (χ3n) is 2.54. The van der Waals surface area contributed by atoms with Gasteiger partial charge < -0.3 is 9.84 Å². The minimum atomic E-state index is -0.961. The number of benzene rings is 1. The lowest BCUT2D eigenvalue weighted by atomic mass is 10.2. The van der Waals surface area contributed by atoms with Crippen molar-refractivity contribution in [1.29, 1.82) is 0 Å². The Hall–Kier alpha value is -3.23. The van der Waals surface area contributed by atoms with Crippen molar-refractivity contribution in [3.8, 4) is 11.6 Å². The summed E-state index contributed by atoms with van der Waals surface area (Å²) in [7, 11) is 0. The molecule has 0 aliphatic heterocycles. The lowest BCUT2D eigenvalue weighted by molar-refractivity contribution is -0.120. The Kier molecular flexibility index (Phi) is 4.47. The van der Waals surface area contributed by atoms with Gasteiger partial charge in [0.05, 0.1) is 0 Å². The van der Waals surface area contributed by atoms with Gasteiger partial charge in [-0.25, -0.2) is 4.79 Å². The summed E-state index contributed by atoms with van der Waals surface area (Å²) in [6, 6.07) is 7.02. The summed E-state index contributed by atoms with van der Waals surface area (Å²) in [6.07, 6.45) is 0. The van der Waals surface area contributed by atoms with Gasteiger partial charge in [-0.3, -0.25) is 19.6 Å². The number of carbonyl (C=O) groups excluding carboxylic acids is 1. The zero-order valence-electron chi connectivity index (χ0n) is 11.5. The fourth-order valence-electron chi connectivity index (χ4n) is 1.47. The molecule has 0 aliphatic carbocycles. The van der Waals surface area contributed by atoms with E-state index in [1.165, 1.54) is 0 Å². The molecule has 0 unspecified atom stereocenters. The van der Waals surface area contributed by atoms with Gasteiger partial charge in [0, 0.05) is 0 Å². The van der Waals surface area contributed by atoms with Crippen molar-refractivity contribution in [2.75, 3.05) is 6.61 Å². The van der Waals surface area contributed by atoms with E-state index >= 15 is 0 Å². The average molecular weight is 304 g/mol. The first-order valence-electron chi connectivity index (χ1n) is 6.15. The summed E-state index contributed by atoms with van der Waals surface area (Å²) < 4.78 is 5.18. The third-order valence-corrected chi connectivity index (χ3v) is 2.54. The summed E-state index contributed by atoms with van der Waals surface area (Å²) >= 11 is 0. The molecule has 0 saturated carbocycles. The van der Waals surface area contributed by atoms with Crippen LogP contribution in [0.25, 0.3) is 0 Å². The minimum absolute atomic E-state index is 0.380. The fraction of sp³-hybridized carbons (Fsp3) is 0.154. The molecule has 0 atom stereocenters. The number of hydrogen-bond acceptors (Lipinski definition) is 6. The molecule has 0 saturated heterocycles. The number of nitrogens with one attached hydrogen (secondary N) is 2. The fourth-order valence-corrected chi connectivity index (χ4v) is 1.47. The van der Waals surface area contributed by atoms with Gasteiger partial charge in [-0.2, -0.15) is 0 Å². The molecule has 2 rings (SSSR count). The lowest BCUT2D eigenvalue weighted by Crippen LogP contribution is -2.21. The van der Waals surface area contributed by atoms with Crippen molar-refractivity contribution in [3.63, 3.8) is 0 Å². The minimum Gasteiger partial charge on any atom is -0.493 e. The van der Waals surface area contributed by atoms with Gasteiger partial charge in [-0.15, -0.1) is 10.2 Å². The lowest BCUT2D eigenvalue weighted by Gasteiger charge is -2.02. The first-order valence-corrected chi connectivity index (χ1v) is 6.15. The predicted molar refractivity (Wildman–Crippen MR) is 75.5 cm³/mol. The number of aromatic nitrogens is 2. The predicted octanol–water partition coefficient (Wildman–Crippen LogP) is 0.767. The van der Waals surface area contributed by atoms with Crippen LogP contribution in [0.15, 0.2) is 44.1 Å². The first kappa shape index (κ1) is 15.2. The van der Waals surface area contributed by atoms with E-state index in [9.17, 15) is 19.5 Å². The highest BCUT2D eigenvalue weighted by molar-refractivity contribution is 5.78. The second kappa shape index (κ2) is 6.48. The molecule has 1 heterocycles. The van der Waals surface area contributed by atoms with Crippen LogP contribution < -0.4 is 16.0 Å². The number of H-pyrrole nitrogens is 2. The highest BCUT2D eigenvalue weighted by atomic mass is 16.5. The zero-order valence-corrected chi connectivity index (χ0v) is 11.5. The molecule has 1 amide bonds. The Morgan fingerprint density at radius 3 is 2.55 bits per heavy atom. The smallest absolute Gasteiger partial charge is 0.328 e. The number of rotatable bonds is 4. The maximum atomic E-state index is 11.5. The van der Waals surface area contributed by atoms with Gasteiger partial charge in [0.25, 0.3) is 5.56 Å².